The third-order valence-electron chi connectivity index (χ3n) is 6.15. The standard InChI is InChI=1S/C28H21BrF3N5OS/c1-16-12-19(29)13-17(2)25(16)34-27(39)35-36(3)21-7-10-23-18(14-21)4-11-24-26(23)33-15-37(24)20-5-8-22(9-6-20)38-28(30,31)32/h4-15H,3H2,1-2H3,(H-,34,35,39)/p+1. The highest BCUT2D eigenvalue weighted by Crippen LogP contribution is 2.30. The quantitative estimate of drug-likeness (QED) is 0.0921. The summed E-state index contributed by atoms with van der Waals surface area (Å²) >= 11 is 9.02. The first-order valence-electron chi connectivity index (χ1n) is 11.7. The Balaban J connectivity index is 1.36. The maximum absolute atomic E-state index is 12.5. The summed E-state index contributed by atoms with van der Waals surface area (Å²) < 4.78 is 45.8. The second-order valence-electron chi connectivity index (χ2n) is 8.90. The lowest BCUT2D eigenvalue weighted by atomic mass is 10.1. The number of nitrogens with one attached hydrogen (secondary N) is 2. The molecular weight excluding hydrogens is 591 g/mol. The van der Waals surface area contributed by atoms with Gasteiger partial charge in [-0.2, -0.15) is 0 Å². The summed E-state index contributed by atoms with van der Waals surface area (Å²) in [7, 11) is 0. The fraction of sp³-hybridized carbons (Fsp3) is 0.107. The van der Waals surface area contributed by atoms with Gasteiger partial charge in [-0.15, -0.1) is 18.6 Å². The van der Waals surface area contributed by atoms with E-state index in [0.717, 1.165) is 48.8 Å². The van der Waals surface area contributed by atoms with E-state index in [1.165, 1.54) is 12.1 Å². The molecule has 0 radical (unpaired) electrons. The minimum atomic E-state index is -4.74. The number of aryl methyl sites for hydroxylation is 2. The first kappa shape index (κ1) is 26.6. The molecule has 39 heavy (non-hydrogen) atoms. The zero-order valence-electron chi connectivity index (χ0n) is 20.8. The number of anilines is 1. The molecule has 0 atom stereocenters. The van der Waals surface area contributed by atoms with E-state index in [0.29, 0.717) is 10.8 Å². The Hall–Kier alpha value is -3.96. The van der Waals surface area contributed by atoms with Gasteiger partial charge in [0.25, 0.3) is 0 Å². The maximum atomic E-state index is 12.5. The van der Waals surface area contributed by atoms with Gasteiger partial charge in [0.15, 0.2) is 6.72 Å². The van der Waals surface area contributed by atoms with Gasteiger partial charge in [0.05, 0.1) is 11.0 Å². The van der Waals surface area contributed by atoms with Crippen LogP contribution in [-0.2, 0) is 0 Å². The van der Waals surface area contributed by atoms with Crippen LogP contribution in [0, 0.1) is 13.8 Å². The first-order valence-corrected chi connectivity index (χ1v) is 12.9. The molecule has 0 aliphatic heterocycles. The lowest BCUT2D eigenvalue weighted by Gasteiger charge is -2.14. The second-order valence-corrected chi connectivity index (χ2v) is 10.2. The monoisotopic (exact) mass is 612 g/mol. The van der Waals surface area contributed by atoms with Crippen molar-refractivity contribution in [2.75, 3.05) is 5.32 Å². The number of thiocarbonyl (C=S) groups is 1. The van der Waals surface area contributed by atoms with Gasteiger partial charge in [0.2, 0.25) is 10.8 Å². The zero-order chi connectivity index (χ0) is 27.9. The van der Waals surface area contributed by atoms with E-state index in [-0.39, 0.29) is 5.75 Å². The molecule has 4 aromatic carbocycles. The van der Waals surface area contributed by atoms with Crippen LogP contribution in [0.5, 0.6) is 5.75 Å². The normalized spacial score (nSPS) is 11.5. The fourth-order valence-electron chi connectivity index (χ4n) is 4.42. The summed E-state index contributed by atoms with van der Waals surface area (Å²) in [6.07, 6.45) is -3.10. The van der Waals surface area contributed by atoms with Gasteiger partial charge in [-0.25, -0.2) is 4.98 Å². The largest absolute Gasteiger partial charge is 0.573 e. The molecule has 0 saturated heterocycles. The third kappa shape index (κ3) is 5.74. The number of fused-ring (bicyclic) bond motifs is 3. The molecule has 0 aliphatic carbocycles. The van der Waals surface area contributed by atoms with Crippen LogP contribution in [0.1, 0.15) is 11.1 Å². The zero-order valence-corrected chi connectivity index (χ0v) is 23.2. The molecule has 0 bridgehead atoms. The maximum Gasteiger partial charge on any atom is 0.573 e. The molecule has 0 amide bonds. The number of hydrazine groups is 1. The number of hydrogen-bond acceptors (Lipinski definition) is 3. The Bertz CT molecular complexity index is 1730. The summed E-state index contributed by atoms with van der Waals surface area (Å²) in [4.78, 5) is 4.57. The lowest BCUT2D eigenvalue weighted by molar-refractivity contribution is -0.477. The number of ether oxygens (including phenoxy) is 1. The molecule has 198 valence electrons. The molecule has 0 spiro atoms. The topological polar surface area (TPSA) is 54.1 Å². The predicted molar refractivity (Wildman–Crippen MR) is 155 cm³/mol. The number of benzene rings is 4. The first-order chi connectivity index (χ1) is 18.5. The van der Waals surface area contributed by atoms with Crippen molar-refractivity contribution in [3.05, 3.63) is 88.7 Å². The molecule has 0 unspecified atom stereocenters. The highest BCUT2D eigenvalue weighted by molar-refractivity contribution is 9.10. The van der Waals surface area contributed by atoms with Crippen molar-refractivity contribution in [3.8, 4) is 11.4 Å². The molecule has 11 heteroatoms. The van der Waals surface area contributed by atoms with Crippen molar-refractivity contribution in [2.24, 2.45) is 0 Å². The van der Waals surface area contributed by atoms with Gasteiger partial charge in [0, 0.05) is 33.4 Å². The van der Waals surface area contributed by atoms with E-state index >= 15 is 0 Å². The van der Waals surface area contributed by atoms with Gasteiger partial charge in [-0.1, -0.05) is 26.7 Å². The van der Waals surface area contributed by atoms with Crippen LogP contribution in [0.3, 0.4) is 0 Å². The van der Waals surface area contributed by atoms with Crippen molar-refractivity contribution in [2.45, 2.75) is 20.2 Å². The molecule has 5 rings (SSSR count). The second kappa shape index (κ2) is 10.3. The van der Waals surface area contributed by atoms with Crippen LogP contribution in [-0.4, -0.2) is 32.4 Å². The summed E-state index contributed by atoms with van der Waals surface area (Å²) in [5.74, 6) is -0.281. The van der Waals surface area contributed by atoms with Crippen LogP contribution in [0.2, 0.25) is 0 Å². The van der Waals surface area contributed by atoms with Crippen molar-refractivity contribution in [1.82, 2.24) is 15.0 Å². The van der Waals surface area contributed by atoms with Gasteiger partial charge in [-0.05, 0) is 91.1 Å². The molecule has 0 saturated carbocycles. The summed E-state index contributed by atoms with van der Waals surface area (Å²) in [5, 5.41) is 5.50. The highest BCUT2D eigenvalue weighted by Gasteiger charge is 2.31. The number of halogens is 4. The number of imidazole rings is 1. The number of hydrogen-bond donors (Lipinski definition) is 2. The fourth-order valence-corrected chi connectivity index (χ4v) is 5.31. The molecule has 5 aromatic rings. The van der Waals surface area contributed by atoms with Crippen LogP contribution < -0.4 is 15.5 Å². The van der Waals surface area contributed by atoms with Crippen LogP contribution in [0.25, 0.3) is 27.5 Å². The number of nitrogens with zero attached hydrogens (tertiary/aromatic N) is 3. The Labute approximate surface area is 235 Å². The van der Waals surface area contributed by atoms with Gasteiger partial charge < -0.3 is 10.1 Å². The average molecular weight is 613 g/mol. The minimum absolute atomic E-state index is 0.281. The summed E-state index contributed by atoms with van der Waals surface area (Å²) in [5.41, 5.74) is 9.16. The Morgan fingerprint density at radius 2 is 1.72 bits per heavy atom. The van der Waals surface area contributed by atoms with Crippen LogP contribution in [0.4, 0.5) is 24.5 Å². The minimum Gasteiger partial charge on any atom is -0.406 e. The summed E-state index contributed by atoms with van der Waals surface area (Å²) in [6.45, 7) is 8.09. The number of alkyl halides is 3. The van der Waals surface area contributed by atoms with Crippen LogP contribution in [0.15, 0.2) is 77.5 Å². The third-order valence-corrected chi connectivity index (χ3v) is 6.80. The number of aromatic nitrogens is 2. The lowest BCUT2D eigenvalue weighted by Crippen LogP contribution is -2.34. The van der Waals surface area contributed by atoms with Crippen molar-refractivity contribution < 1.29 is 22.6 Å². The van der Waals surface area contributed by atoms with Crippen molar-refractivity contribution >= 4 is 73.2 Å². The molecule has 6 nitrogen and oxygen atoms in total. The molecule has 0 aliphatic rings. The highest BCUT2D eigenvalue weighted by atomic mass is 79.9. The van der Waals surface area contributed by atoms with Gasteiger partial charge >= 0.3 is 6.36 Å². The van der Waals surface area contributed by atoms with E-state index in [4.69, 9.17) is 12.2 Å². The molecule has 1 aromatic heterocycles. The van der Waals surface area contributed by atoms with E-state index < -0.39 is 6.36 Å². The Morgan fingerprint density at radius 1 is 1.03 bits per heavy atom. The van der Waals surface area contributed by atoms with E-state index in [9.17, 15) is 13.2 Å². The Morgan fingerprint density at radius 3 is 2.38 bits per heavy atom. The average Bonchev–Trinajstić information content (AvgIpc) is 3.30. The number of hydrazone groups is 1. The predicted octanol–water partition coefficient (Wildman–Crippen LogP) is 7.70. The Kier molecular flexibility index (Phi) is 7.04. The van der Waals surface area contributed by atoms with Crippen LogP contribution >= 0.6 is 28.1 Å². The molecule has 0 fully saturated rings. The molecule has 2 N–H and O–H groups in total. The van der Waals surface area contributed by atoms with Crippen molar-refractivity contribution in [1.29, 1.82) is 0 Å². The molecule has 1 heterocycles. The van der Waals surface area contributed by atoms with E-state index in [2.05, 4.69) is 43.1 Å². The smallest absolute Gasteiger partial charge is 0.406 e. The van der Waals surface area contributed by atoms with Gasteiger partial charge in [0.1, 0.15) is 12.1 Å². The number of rotatable bonds is 5. The summed E-state index contributed by atoms with van der Waals surface area (Å²) in [6, 6.07) is 19.4. The molecular formula is C28H22BrF3N5OS+. The van der Waals surface area contributed by atoms with Crippen molar-refractivity contribution in [3.63, 3.8) is 0 Å². The van der Waals surface area contributed by atoms with E-state index in [1.54, 1.807) is 23.1 Å². The van der Waals surface area contributed by atoms with Gasteiger partial charge in [-0.3, -0.25) is 4.57 Å². The van der Waals surface area contributed by atoms with E-state index in [1.807, 2.05) is 60.9 Å². The SMILES string of the molecule is C=[N+](NC(=S)Nc1c(C)cc(Br)cc1C)c1ccc2c(ccc3c2ncn3-c2ccc(OC(F)(F)F)cc2)c1.